The van der Waals surface area contributed by atoms with Crippen LogP contribution in [0.25, 0.3) is 0 Å². The van der Waals surface area contributed by atoms with Crippen molar-refractivity contribution in [2.45, 2.75) is 19.8 Å². The zero-order chi connectivity index (χ0) is 11.6. The first-order valence-corrected chi connectivity index (χ1v) is 3.67. The summed E-state index contributed by atoms with van der Waals surface area (Å²) in [7, 11) is 0. The Morgan fingerprint density at radius 2 is 1.47 bits per heavy atom. The molecule has 7 heteroatoms. The zero-order valence-corrected chi connectivity index (χ0v) is 11.7. The van der Waals surface area contributed by atoms with Gasteiger partial charge >= 0.3 is 63.3 Å². The monoisotopic (exact) mass is 242 g/mol. The van der Waals surface area contributed by atoms with E-state index in [2.05, 4.69) is 0 Å². The van der Waals surface area contributed by atoms with Crippen LogP contribution < -0.4 is 56.5 Å². The second kappa shape index (κ2) is 13.8. The van der Waals surface area contributed by atoms with Crippen LogP contribution in [0, 0.1) is 0 Å². The minimum absolute atomic E-state index is 0. The number of aliphatic carboxylic acids is 3. The molecule has 0 aromatic carbocycles. The van der Waals surface area contributed by atoms with Gasteiger partial charge < -0.3 is 20.1 Å². The molecule has 0 bridgehead atoms. The molecule has 0 aromatic heterocycles. The van der Waals surface area contributed by atoms with Crippen molar-refractivity contribution in [1.29, 1.82) is 0 Å². The number of hydrogen-bond donors (Lipinski definition) is 2. The molecular weight excluding hydrogens is 231 g/mol. The number of carbonyl (C=O) groups is 3. The van der Waals surface area contributed by atoms with Gasteiger partial charge in [-0.2, -0.15) is 0 Å². The molecule has 0 fully saturated rings. The molecular formula is C8H11KO6. The summed E-state index contributed by atoms with van der Waals surface area (Å²) >= 11 is 0. The van der Waals surface area contributed by atoms with Gasteiger partial charge in [-0.15, -0.1) is 0 Å². The normalized spacial score (nSPS) is 8.33. The van der Waals surface area contributed by atoms with E-state index in [1.54, 1.807) is 6.92 Å². The van der Waals surface area contributed by atoms with Crippen LogP contribution in [0.3, 0.4) is 0 Å². The van der Waals surface area contributed by atoms with E-state index in [1.807, 2.05) is 0 Å². The Morgan fingerprint density at radius 3 is 1.53 bits per heavy atom. The van der Waals surface area contributed by atoms with Gasteiger partial charge in [0.2, 0.25) is 0 Å². The van der Waals surface area contributed by atoms with E-state index in [1.165, 1.54) is 6.08 Å². The molecule has 80 valence electrons. The molecule has 0 aliphatic carbocycles. The van der Waals surface area contributed by atoms with Gasteiger partial charge in [-0.3, -0.25) is 9.59 Å². The third-order valence-corrected chi connectivity index (χ3v) is 0.855. The number of rotatable bonds is 4. The van der Waals surface area contributed by atoms with E-state index >= 15 is 0 Å². The van der Waals surface area contributed by atoms with Gasteiger partial charge in [-0.05, 0) is 13.0 Å². The third-order valence-electron chi connectivity index (χ3n) is 0.855. The molecule has 0 aliphatic heterocycles. The van der Waals surface area contributed by atoms with Crippen molar-refractivity contribution < 1.29 is 81.1 Å². The first kappa shape index (κ1) is 20.2. The first-order valence-electron chi connectivity index (χ1n) is 3.67. The zero-order valence-electron chi connectivity index (χ0n) is 8.60. The van der Waals surface area contributed by atoms with Gasteiger partial charge in [0.25, 0.3) is 0 Å². The molecule has 0 spiro atoms. The van der Waals surface area contributed by atoms with Crippen LogP contribution in [-0.2, 0) is 14.4 Å². The molecule has 2 N–H and O–H groups in total. The summed E-state index contributed by atoms with van der Waals surface area (Å²) in [6.45, 7) is 1.62. The summed E-state index contributed by atoms with van der Waals surface area (Å²) in [5, 5.41) is 25.2. The minimum atomic E-state index is -1.14. The fraction of sp³-hybridized carbons (Fsp3) is 0.375. The van der Waals surface area contributed by atoms with E-state index in [4.69, 9.17) is 10.2 Å². The van der Waals surface area contributed by atoms with Crippen LogP contribution in [0.5, 0.6) is 0 Å². The number of hydrogen-bond acceptors (Lipinski definition) is 4. The van der Waals surface area contributed by atoms with Crippen molar-refractivity contribution in [2.75, 3.05) is 0 Å². The summed E-state index contributed by atoms with van der Waals surface area (Å²) < 4.78 is 0. The van der Waals surface area contributed by atoms with Gasteiger partial charge in [0, 0.05) is 0 Å². The van der Waals surface area contributed by atoms with E-state index in [0.29, 0.717) is 0 Å². The Bertz CT molecular complexity index is 221. The van der Waals surface area contributed by atoms with Gasteiger partial charge in [0.15, 0.2) is 0 Å². The quantitative estimate of drug-likeness (QED) is 0.386. The molecule has 0 rings (SSSR count). The molecule has 0 atom stereocenters. The number of carboxylic acid groups (broad SMARTS) is 3. The van der Waals surface area contributed by atoms with Crippen LogP contribution >= 0.6 is 0 Å². The van der Waals surface area contributed by atoms with E-state index in [0.717, 1.165) is 6.08 Å². The Hall–Kier alpha value is -0.214. The third kappa shape index (κ3) is 31.6. The van der Waals surface area contributed by atoms with Crippen LogP contribution in [0.2, 0.25) is 0 Å². The summed E-state index contributed by atoms with van der Waals surface area (Å²) in [5.74, 6) is -3.29. The van der Waals surface area contributed by atoms with E-state index < -0.39 is 17.9 Å². The predicted molar refractivity (Wildman–Crippen MR) is 44.3 cm³/mol. The molecule has 6 nitrogen and oxygen atoms in total. The van der Waals surface area contributed by atoms with E-state index in [9.17, 15) is 19.5 Å². The van der Waals surface area contributed by atoms with E-state index in [-0.39, 0.29) is 64.2 Å². The second-order valence-corrected chi connectivity index (χ2v) is 2.11. The van der Waals surface area contributed by atoms with Crippen molar-refractivity contribution >= 4 is 17.9 Å². The molecule has 15 heavy (non-hydrogen) atoms. The fourth-order valence-electron chi connectivity index (χ4n) is 0.350. The van der Waals surface area contributed by atoms with Crippen molar-refractivity contribution in [3.05, 3.63) is 12.2 Å². The van der Waals surface area contributed by atoms with Gasteiger partial charge in [-0.1, -0.05) is 6.08 Å². The summed E-state index contributed by atoms with van der Waals surface area (Å²) in [6.07, 6.45) is 1.79. The number of carbonyl (C=O) groups excluding carboxylic acids is 1. The van der Waals surface area contributed by atoms with Crippen molar-refractivity contribution in [3.63, 3.8) is 0 Å². The molecule has 0 radical (unpaired) electrons. The van der Waals surface area contributed by atoms with Gasteiger partial charge in [0.1, 0.15) is 0 Å². The maximum absolute atomic E-state index is 9.64. The van der Waals surface area contributed by atoms with Crippen LogP contribution in [-0.4, -0.2) is 28.1 Å². The smallest absolute Gasteiger partial charge is 0.545 e. The Labute approximate surface area is 129 Å². The second-order valence-electron chi connectivity index (χ2n) is 2.11. The predicted octanol–water partition coefficient (Wildman–Crippen LogP) is -3.75. The Kier molecular flexibility index (Phi) is 18.6. The molecule has 0 aliphatic rings. The molecule has 0 saturated carbocycles. The van der Waals surface area contributed by atoms with Crippen molar-refractivity contribution in [3.8, 4) is 0 Å². The number of allylic oxidation sites excluding steroid dienone is 1. The molecule has 0 aromatic rings. The Morgan fingerprint density at radius 1 is 1.13 bits per heavy atom. The minimum Gasteiger partial charge on any atom is -0.545 e. The average Bonchev–Trinajstić information content (AvgIpc) is 2.01. The van der Waals surface area contributed by atoms with Gasteiger partial charge in [-0.25, -0.2) is 0 Å². The SMILES string of the molecule is CC=CC(=O)[O-].O=C(O)CCC(=O)O.[K+]. The topological polar surface area (TPSA) is 115 Å². The summed E-state index contributed by atoms with van der Waals surface area (Å²) in [5.41, 5.74) is 0. The summed E-state index contributed by atoms with van der Waals surface area (Å²) in [4.78, 5) is 28.7. The largest absolute Gasteiger partial charge is 1.00 e. The van der Waals surface area contributed by atoms with Crippen LogP contribution in [0.1, 0.15) is 19.8 Å². The molecule has 0 unspecified atom stereocenters. The molecule has 0 saturated heterocycles. The standard InChI is InChI=1S/C4H6O4.C4H6O2.K/c5-3(6)1-2-4(7)8;1-2-3-4(5)6;/h1-2H2,(H,5,6)(H,7,8);2-3H,1H3,(H,5,6);/q;;+1/p-1. The first-order chi connectivity index (χ1) is 6.40. The number of carboxylic acids is 3. The fourth-order valence-corrected chi connectivity index (χ4v) is 0.350. The Balaban J connectivity index is -0.000000187. The van der Waals surface area contributed by atoms with Crippen LogP contribution in [0.4, 0.5) is 0 Å². The van der Waals surface area contributed by atoms with Crippen molar-refractivity contribution in [2.24, 2.45) is 0 Å². The maximum Gasteiger partial charge on any atom is 1.00 e. The van der Waals surface area contributed by atoms with Crippen LogP contribution in [0.15, 0.2) is 12.2 Å². The van der Waals surface area contributed by atoms with Crippen molar-refractivity contribution in [1.82, 2.24) is 0 Å². The molecule has 0 amide bonds. The maximum atomic E-state index is 9.64. The van der Waals surface area contributed by atoms with Gasteiger partial charge in [0.05, 0.1) is 18.8 Å². The average molecular weight is 242 g/mol. The summed E-state index contributed by atoms with van der Waals surface area (Å²) in [6, 6.07) is 0. The molecule has 0 heterocycles.